The van der Waals surface area contributed by atoms with Gasteiger partial charge in [-0.15, -0.1) is 0 Å². The van der Waals surface area contributed by atoms with Gasteiger partial charge in [0.25, 0.3) is 0 Å². The molecule has 0 aromatic carbocycles. The zero-order chi connectivity index (χ0) is 7.47. The third kappa shape index (κ3) is 0.807. The minimum absolute atomic E-state index is 0.352. The molecule has 2 N–H and O–H groups in total. The molecule has 3 rings (SSSR count). The van der Waals surface area contributed by atoms with Gasteiger partial charge >= 0.3 is 0 Å². The molecule has 3 aliphatic carbocycles. The van der Waals surface area contributed by atoms with Gasteiger partial charge in [0, 0.05) is 5.54 Å². The Morgan fingerprint density at radius 3 is 2.27 bits per heavy atom. The van der Waals surface area contributed by atoms with E-state index in [2.05, 4.69) is 0 Å². The molecule has 2 atom stereocenters. The lowest BCUT2D eigenvalue weighted by Crippen LogP contribution is -2.31. The molecule has 0 radical (unpaired) electrons. The maximum Gasteiger partial charge on any atom is 0.0218 e. The van der Waals surface area contributed by atoms with Gasteiger partial charge in [0.05, 0.1) is 0 Å². The third-order valence-electron chi connectivity index (χ3n) is 4.16. The van der Waals surface area contributed by atoms with Crippen LogP contribution in [0.15, 0.2) is 0 Å². The largest absolute Gasteiger partial charge is 0.325 e. The molecule has 2 unspecified atom stereocenters. The number of rotatable bonds is 2. The van der Waals surface area contributed by atoms with Gasteiger partial charge in [-0.1, -0.05) is 19.3 Å². The predicted molar refractivity (Wildman–Crippen MR) is 45.1 cm³/mol. The first-order valence-electron chi connectivity index (χ1n) is 5.09. The monoisotopic (exact) mass is 151 g/mol. The molecule has 0 bridgehead atoms. The van der Waals surface area contributed by atoms with Crippen molar-refractivity contribution in [2.75, 3.05) is 0 Å². The maximum atomic E-state index is 6.31. The summed E-state index contributed by atoms with van der Waals surface area (Å²) in [5.41, 5.74) is 6.66. The highest BCUT2D eigenvalue weighted by atomic mass is 14.9. The lowest BCUT2D eigenvalue weighted by Gasteiger charge is -2.27. The summed E-state index contributed by atoms with van der Waals surface area (Å²) < 4.78 is 0. The summed E-state index contributed by atoms with van der Waals surface area (Å²) in [5.74, 6) is 2.93. The molecule has 1 heteroatoms. The molecular weight excluding hydrogens is 134 g/mol. The Morgan fingerprint density at radius 2 is 1.82 bits per heavy atom. The van der Waals surface area contributed by atoms with E-state index in [9.17, 15) is 0 Å². The maximum absolute atomic E-state index is 6.31. The topological polar surface area (TPSA) is 26.0 Å². The van der Waals surface area contributed by atoms with Crippen molar-refractivity contribution < 1.29 is 0 Å². The smallest absolute Gasteiger partial charge is 0.0218 e. The quantitative estimate of drug-likeness (QED) is 0.641. The van der Waals surface area contributed by atoms with E-state index in [0.29, 0.717) is 5.54 Å². The van der Waals surface area contributed by atoms with E-state index >= 15 is 0 Å². The van der Waals surface area contributed by atoms with Crippen LogP contribution in [0.4, 0.5) is 0 Å². The summed E-state index contributed by atoms with van der Waals surface area (Å²) in [7, 11) is 0. The molecule has 0 amide bonds. The predicted octanol–water partition coefficient (Wildman–Crippen LogP) is 1.91. The van der Waals surface area contributed by atoms with Gasteiger partial charge in [0.2, 0.25) is 0 Å². The summed E-state index contributed by atoms with van der Waals surface area (Å²) in [5, 5.41) is 0. The van der Waals surface area contributed by atoms with Crippen LogP contribution in [0.5, 0.6) is 0 Å². The second-order valence-corrected chi connectivity index (χ2v) is 4.89. The van der Waals surface area contributed by atoms with Gasteiger partial charge in [0.15, 0.2) is 0 Å². The third-order valence-corrected chi connectivity index (χ3v) is 4.16. The van der Waals surface area contributed by atoms with Crippen molar-refractivity contribution in [3.8, 4) is 0 Å². The lowest BCUT2D eigenvalue weighted by molar-refractivity contribution is 0.252. The first kappa shape index (κ1) is 6.47. The van der Waals surface area contributed by atoms with E-state index in [0.717, 1.165) is 17.8 Å². The van der Waals surface area contributed by atoms with Gasteiger partial charge in [-0.25, -0.2) is 0 Å². The molecule has 0 spiro atoms. The van der Waals surface area contributed by atoms with Crippen molar-refractivity contribution in [3.05, 3.63) is 0 Å². The van der Waals surface area contributed by atoms with Crippen LogP contribution in [0.1, 0.15) is 38.5 Å². The van der Waals surface area contributed by atoms with Gasteiger partial charge in [0.1, 0.15) is 0 Å². The van der Waals surface area contributed by atoms with E-state index in [-0.39, 0.29) is 0 Å². The Labute approximate surface area is 68.3 Å². The van der Waals surface area contributed by atoms with E-state index in [4.69, 9.17) is 5.73 Å². The van der Waals surface area contributed by atoms with Crippen LogP contribution in [0.2, 0.25) is 0 Å². The first-order chi connectivity index (χ1) is 5.31. The van der Waals surface area contributed by atoms with E-state index in [1.807, 2.05) is 0 Å². The average molecular weight is 151 g/mol. The molecule has 0 saturated heterocycles. The summed E-state index contributed by atoms with van der Waals surface area (Å²) in [6.07, 6.45) is 8.66. The number of hydrogen-bond donors (Lipinski definition) is 1. The molecule has 0 heterocycles. The Kier molecular flexibility index (Phi) is 1.07. The van der Waals surface area contributed by atoms with Crippen molar-refractivity contribution in [1.82, 2.24) is 0 Å². The highest BCUT2D eigenvalue weighted by molar-refractivity contribution is 5.17. The summed E-state index contributed by atoms with van der Waals surface area (Å²) in [6, 6.07) is 0. The normalized spacial score (nSPS) is 50.5. The Bertz CT molecular complexity index is 181. The molecule has 11 heavy (non-hydrogen) atoms. The highest BCUT2D eigenvalue weighted by Crippen LogP contribution is 2.61. The average Bonchev–Trinajstić information content (AvgIpc) is 2.60. The van der Waals surface area contributed by atoms with Gasteiger partial charge < -0.3 is 5.73 Å². The molecule has 3 aliphatic rings. The Balaban J connectivity index is 1.66. The standard InChI is InChI=1S/C10H17N/c11-10(8-4-5-8)6-9(10)7-2-1-3-7/h7-9H,1-6,11H2. The summed E-state index contributed by atoms with van der Waals surface area (Å²) >= 11 is 0. The van der Waals surface area contributed by atoms with Crippen molar-refractivity contribution in [2.45, 2.75) is 44.1 Å². The van der Waals surface area contributed by atoms with Crippen molar-refractivity contribution in [3.63, 3.8) is 0 Å². The summed E-state index contributed by atoms with van der Waals surface area (Å²) in [6.45, 7) is 0. The molecule has 0 aliphatic heterocycles. The summed E-state index contributed by atoms with van der Waals surface area (Å²) in [4.78, 5) is 0. The minimum Gasteiger partial charge on any atom is -0.325 e. The Morgan fingerprint density at radius 1 is 1.09 bits per heavy atom. The number of hydrogen-bond acceptors (Lipinski definition) is 1. The minimum atomic E-state index is 0.352. The van der Waals surface area contributed by atoms with E-state index < -0.39 is 0 Å². The SMILES string of the molecule is NC1(C2CC2)CC1C1CCC1. The van der Waals surface area contributed by atoms with E-state index in [1.165, 1.54) is 38.5 Å². The zero-order valence-corrected chi connectivity index (χ0v) is 7.05. The highest BCUT2D eigenvalue weighted by Gasteiger charge is 2.62. The van der Waals surface area contributed by atoms with E-state index in [1.54, 1.807) is 0 Å². The first-order valence-corrected chi connectivity index (χ1v) is 5.09. The number of nitrogens with two attached hydrogens (primary N) is 1. The van der Waals surface area contributed by atoms with Crippen LogP contribution in [-0.4, -0.2) is 5.54 Å². The van der Waals surface area contributed by atoms with Crippen LogP contribution in [-0.2, 0) is 0 Å². The molecule has 1 nitrogen and oxygen atoms in total. The van der Waals surface area contributed by atoms with Crippen LogP contribution in [0.25, 0.3) is 0 Å². The fraction of sp³-hybridized carbons (Fsp3) is 1.00. The molecular formula is C10H17N. The van der Waals surface area contributed by atoms with Crippen LogP contribution in [0.3, 0.4) is 0 Å². The van der Waals surface area contributed by atoms with Crippen LogP contribution in [0, 0.1) is 17.8 Å². The molecule has 3 saturated carbocycles. The fourth-order valence-electron chi connectivity index (χ4n) is 2.86. The Hall–Kier alpha value is -0.0400. The molecule has 3 fully saturated rings. The van der Waals surface area contributed by atoms with Crippen molar-refractivity contribution >= 4 is 0 Å². The fourth-order valence-corrected chi connectivity index (χ4v) is 2.86. The second-order valence-electron chi connectivity index (χ2n) is 4.89. The second kappa shape index (κ2) is 1.82. The molecule has 0 aromatic heterocycles. The van der Waals surface area contributed by atoms with Gasteiger partial charge in [-0.3, -0.25) is 0 Å². The van der Waals surface area contributed by atoms with Gasteiger partial charge in [-0.05, 0) is 37.0 Å². The zero-order valence-electron chi connectivity index (χ0n) is 7.05. The van der Waals surface area contributed by atoms with Gasteiger partial charge in [-0.2, -0.15) is 0 Å². The van der Waals surface area contributed by atoms with Crippen LogP contribution < -0.4 is 5.73 Å². The molecule has 62 valence electrons. The van der Waals surface area contributed by atoms with Crippen molar-refractivity contribution in [2.24, 2.45) is 23.5 Å². The van der Waals surface area contributed by atoms with Crippen LogP contribution >= 0.6 is 0 Å². The lowest BCUT2D eigenvalue weighted by atomic mass is 9.79. The van der Waals surface area contributed by atoms with Crippen molar-refractivity contribution in [1.29, 1.82) is 0 Å². The molecule has 0 aromatic rings.